The van der Waals surface area contributed by atoms with Crippen molar-refractivity contribution in [2.24, 2.45) is 7.05 Å². The number of carbonyl (C=O) groups is 2. The number of ether oxygens (including phenoxy) is 1. The number of nitrogens with zero attached hydrogens (tertiary/aromatic N) is 3. The topological polar surface area (TPSA) is 54.8 Å². The van der Waals surface area contributed by atoms with E-state index < -0.39 is 0 Å². The van der Waals surface area contributed by atoms with Crippen molar-refractivity contribution in [2.75, 3.05) is 33.3 Å². The van der Waals surface area contributed by atoms with Crippen LogP contribution >= 0.6 is 0 Å². The van der Waals surface area contributed by atoms with E-state index in [-0.39, 0.29) is 11.8 Å². The normalized spacial score (nSPS) is 14.3. The van der Waals surface area contributed by atoms with Gasteiger partial charge in [-0.05, 0) is 35.7 Å². The van der Waals surface area contributed by atoms with Crippen LogP contribution in [0.1, 0.15) is 17.5 Å². The van der Waals surface area contributed by atoms with Crippen LogP contribution in [0, 0.1) is 0 Å². The van der Waals surface area contributed by atoms with Crippen LogP contribution in [-0.4, -0.2) is 59.5 Å². The van der Waals surface area contributed by atoms with Gasteiger partial charge in [0.2, 0.25) is 11.8 Å². The molecule has 1 saturated heterocycles. The Bertz CT molecular complexity index is 791. The monoisotopic (exact) mass is 369 g/mol. The summed E-state index contributed by atoms with van der Waals surface area (Å²) < 4.78 is 7.17. The van der Waals surface area contributed by atoms with Crippen molar-refractivity contribution in [3.05, 3.63) is 53.9 Å². The first-order chi connectivity index (χ1) is 13.0. The van der Waals surface area contributed by atoms with E-state index >= 15 is 0 Å². The molecule has 144 valence electrons. The summed E-state index contributed by atoms with van der Waals surface area (Å²) in [5.74, 6) is 1.09. The zero-order valence-corrected chi connectivity index (χ0v) is 16.1. The minimum atomic E-state index is 0.129. The van der Waals surface area contributed by atoms with E-state index in [9.17, 15) is 9.59 Å². The van der Waals surface area contributed by atoms with Gasteiger partial charge in [0.05, 0.1) is 13.5 Å². The van der Waals surface area contributed by atoms with E-state index in [2.05, 4.69) is 0 Å². The summed E-state index contributed by atoms with van der Waals surface area (Å²) in [6.07, 6.45) is 5.51. The summed E-state index contributed by atoms with van der Waals surface area (Å²) in [5.41, 5.74) is 2.12. The highest BCUT2D eigenvalue weighted by Gasteiger charge is 2.24. The lowest BCUT2D eigenvalue weighted by atomic mass is 10.1. The summed E-state index contributed by atoms with van der Waals surface area (Å²) in [6.45, 7) is 2.43. The fraction of sp³-hybridized carbons (Fsp3) is 0.429. The summed E-state index contributed by atoms with van der Waals surface area (Å²) in [5, 5.41) is 0. The molecule has 2 amide bonds. The standard InChI is InChI=1S/C21H27N3O3/c1-22-9-8-18(16-22)15-21(26)24-12-10-23(11-13-24)20(25)7-6-17-4-3-5-19(14-17)27-2/h3-5,8-9,14,16H,6-7,10-13,15H2,1-2H3. The second kappa shape index (κ2) is 8.75. The summed E-state index contributed by atoms with van der Waals surface area (Å²) in [7, 11) is 3.59. The van der Waals surface area contributed by atoms with Crippen LogP contribution in [0.3, 0.4) is 0 Å². The molecule has 3 rings (SSSR count). The van der Waals surface area contributed by atoms with Crippen LogP contribution in [0.4, 0.5) is 0 Å². The highest BCUT2D eigenvalue weighted by molar-refractivity contribution is 5.80. The van der Waals surface area contributed by atoms with Crippen LogP contribution < -0.4 is 4.74 Å². The third-order valence-corrected chi connectivity index (χ3v) is 5.00. The molecule has 2 aromatic rings. The number of hydrogen-bond acceptors (Lipinski definition) is 3. The van der Waals surface area contributed by atoms with Gasteiger partial charge in [0.15, 0.2) is 0 Å². The van der Waals surface area contributed by atoms with Crippen LogP contribution in [0.2, 0.25) is 0 Å². The highest BCUT2D eigenvalue weighted by atomic mass is 16.5. The van der Waals surface area contributed by atoms with Crippen molar-refractivity contribution >= 4 is 11.8 Å². The van der Waals surface area contributed by atoms with Gasteiger partial charge in [0, 0.05) is 52.0 Å². The molecule has 0 saturated carbocycles. The van der Waals surface area contributed by atoms with E-state index in [1.165, 1.54) is 0 Å². The zero-order valence-electron chi connectivity index (χ0n) is 16.1. The number of piperazine rings is 1. The maximum atomic E-state index is 12.5. The molecule has 1 aromatic carbocycles. The number of benzene rings is 1. The number of methoxy groups -OCH3 is 1. The molecular weight excluding hydrogens is 342 g/mol. The second-order valence-corrected chi connectivity index (χ2v) is 6.98. The van der Waals surface area contributed by atoms with Crippen LogP contribution in [0.25, 0.3) is 0 Å². The Morgan fingerprint density at radius 1 is 1.00 bits per heavy atom. The van der Waals surface area contributed by atoms with Gasteiger partial charge in [-0.25, -0.2) is 0 Å². The van der Waals surface area contributed by atoms with Crippen LogP contribution in [-0.2, 0) is 29.5 Å². The maximum absolute atomic E-state index is 12.5. The average molecular weight is 369 g/mol. The van der Waals surface area contributed by atoms with Gasteiger partial charge in [0.1, 0.15) is 5.75 Å². The Kier molecular flexibility index (Phi) is 6.16. The van der Waals surface area contributed by atoms with Gasteiger partial charge >= 0.3 is 0 Å². The predicted octanol–water partition coefficient (Wildman–Crippen LogP) is 1.88. The van der Waals surface area contributed by atoms with E-state index in [1.807, 2.05) is 64.1 Å². The largest absolute Gasteiger partial charge is 0.497 e. The van der Waals surface area contributed by atoms with Crippen molar-refractivity contribution < 1.29 is 14.3 Å². The van der Waals surface area contributed by atoms with Crippen molar-refractivity contribution in [3.8, 4) is 5.75 Å². The van der Waals surface area contributed by atoms with E-state index in [4.69, 9.17) is 4.74 Å². The van der Waals surface area contributed by atoms with Crippen molar-refractivity contribution in [1.82, 2.24) is 14.4 Å². The lowest BCUT2D eigenvalue weighted by Crippen LogP contribution is -2.51. The molecule has 0 aliphatic carbocycles. The minimum Gasteiger partial charge on any atom is -0.497 e. The fourth-order valence-electron chi connectivity index (χ4n) is 3.39. The smallest absolute Gasteiger partial charge is 0.227 e. The molecule has 0 unspecified atom stereocenters. The van der Waals surface area contributed by atoms with Crippen LogP contribution in [0.5, 0.6) is 5.75 Å². The minimum absolute atomic E-state index is 0.129. The Balaban J connectivity index is 1.44. The van der Waals surface area contributed by atoms with Gasteiger partial charge in [-0.3, -0.25) is 9.59 Å². The number of rotatable bonds is 6. The fourth-order valence-corrected chi connectivity index (χ4v) is 3.39. The molecule has 1 aromatic heterocycles. The maximum Gasteiger partial charge on any atom is 0.227 e. The predicted molar refractivity (Wildman–Crippen MR) is 104 cm³/mol. The SMILES string of the molecule is COc1cccc(CCC(=O)N2CCN(C(=O)Cc3ccn(C)c3)CC2)c1. The van der Waals surface area contributed by atoms with Gasteiger partial charge in [-0.15, -0.1) is 0 Å². The Hall–Kier alpha value is -2.76. The number of hydrogen-bond donors (Lipinski definition) is 0. The first-order valence-electron chi connectivity index (χ1n) is 9.34. The van der Waals surface area contributed by atoms with E-state index in [0.717, 1.165) is 16.9 Å². The molecule has 6 nitrogen and oxygen atoms in total. The first kappa shape index (κ1) is 19.0. The van der Waals surface area contributed by atoms with Crippen molar-refractivity contribution in [2.45, 2.75) is 19.3 Å². The first-order valence-corrected chi connectivity index (χ1v) is 9.34. The van der Waals surface area contributed by atoms with E-state index in [0.29, 0.717) is 45.4 Å². The highest BCUT2D eigenvalue weighted by Crippen LogP contribution is 2.15. The molecule has 0 bridgehead atoms. The Labute approximate surface area is 160 Å². The molecule has 1 fully saturated rings. The molecule has 0 atom stereocenters. The number of aromatic nitrogens is 1. The molecule has 1 aliphatic rings. The van der Waals surface area contributed by atoms with Gasteiger partial charge in [-0.1, -0.05) is 12.1 Å². The van der Waals surface area contributed by atoms with E-state index in [1.54, 1.807) is 7.11 Å². The Morgan fingerprint density at radius 3 is 2.33 bits per heavy atom. The number of carbonyl (C=O) groups excluding carboxylic acids is 2. The second-order valence-electron chi connectivity index (χ2n) is 6.98. The van der Waals surface area contributed by atoms with Gasteiger partial charge in [0.25, 0.3) is 0 Å². The summed E-state index contributed by atoms with van der Waals surface area (Å²) in [4.78, 5) is 28.6. The Morgan fingerprint density at radius 2 is 1.70 bits per heavy atom. The third-order valence-electron chi connectivity index (χ3n) is 5.00. The third kappa shape index (κ3) is 5.12. The zero-order chi connectivity index (χ0) is 19.2. The molecule has 1 aliphatic heterocycles. The molecule has 0 spiro atoms. The lowest BCUT2D eigenvalue weighted by Gasteiger charge is -2.35. The lowest BCUT2D eigenvalue weighted by molar-refractivity contribution is -0.139. The summed E-state index contributed by atoms with van der Waals surface area (Å²) >= 11 is 0. The molecule has 27 heavy (non-hydrogen) atoms. The molecule has 6 heteroatoms. The quantitative estimate of drug-likeness (QED) is 0.781. The average Bonchev–Trinajstić information content (AvgIpc) is 3.11. The summed E-state index contributed by atoms with van der Waals surface area (Å²) in [6, 6.07) is 9.78. The molecule has 0 N–H and O–H groups in total. The number of aryl methyl sites for hydroxylation is 2. The molecular formula is C21H27N3O3. The van der Waals surface area contributed by atoms with Gasteiger partial charge in [-0.2, -0.15) is 0 Å². The van der Waals surface area contributed by atoms with Gasteiger partial charge < -0.3 is 19.1 Å². The van der Waals surface area contributed by atoms with Crippen molar-refractivity contribution in [1.29, 1.82) is 0 Å². The van der Waals surface area contributed by atoms with Crippen LogP contribution in [0.15, 0.2) is 42.7 Å². The number of amides is 2. The molecule has 0 radical (unpaired) electrons. The van der Waals surface area contributed by atoms with Crippen molar-refractivity contribution in [3.63, 3.8) is 0 Å². The molecule has 2 heterocycles.